The van der Waals surface area contributed by atoms with Gasteiger partial charge in [0.2, 0.25) is 0 Å². The predicted molar refractivity (Wildman–Crippen MR) is 77.5 cm³/mol. The lowest BCUT2D eigenvalue weighted by atomic mass is 10.1. The van der Waals surface area contributed by atoms with Gasteiger partial charge in [-0.25, -0.2) is 9.78 Å². The molecule has 0 aromatic heterocycles. The lowest BCUT2D eigenvalue weighted by Gasteiger charge is -2.20. The second-order valence-electron chi connectivity index (χ2n) is 4.65. The molecule has 0 aromatic carbocycles. The average Bonchev–Trinajstić information content (AvgIpc) is 2.57. The summed E-state index contributed by atoms with van der Waals surface area (Å²) in [6.45, 7) is -1.93. The van der Waals surface area contributed by atoms with Crippen LogP contribution in [0.2, 0.25) is 0 Å². The Morgan fingerprint density at radius 2 is 1.52 bits per heavy atom. The number of aliphatic hydroxyl groups excluding tert-OH is 6. The third-order valence-electron chi connectivity index (χ3n) is 2.83. The summed E-state index contributed by atoms with van der Waals surface area (Å²) in [7, 11) is 0. The highest BCUT2D eigenvalue weighted by Gasteiger charge is 2.30. The van der Waals surface area contributed by atoms with Crippen LogP contribution in [-0.4, -0.2) is 98.3 Å². The molecule has 5 unspecified atom stereocenters. The zero-order chi connectivity index (χ0) is 18.0. The standard InChI is InChI=1S/C12H22O10S/c13-3-7(15)11(19)12(20)8(16)4-22-21-2-1-6(14)10(18)9(17)5-23/h7,9-13,15,17-20,23H,1-5H2. The van der Waals surface area contributed by atoms with Crippen LogP contribution in [0.1, 0.15) is 6.42 Å². The highest BCUT2D eigenvalue weighted by molar-refractivity contribution is 7.80. The SMILES string of the molecule is O=C(CCOOCC(=O)C(O)C(O)C(O)CO)C(O)C(O)CS. The van der Waals surface area contributed by atoms with Gasteiger partial charge >= 0.3 is 0 Å². The number of Topliss-reactive ketones (excluding diaryl/α,β-unsaturated/α-hetero) is 2. The summed E-state index contributed by atoms with van der Waals surface area (Å²) in [5.74, 6) is -1.82. The number of thiol groups is 1. The first kappa shape index (κ1) is 22.4. The van der Waals surface area contributed by atoms with E-state index in [0.29, 0.717) is 0 Å². The Bertz CT molecular complexity index is 366. The smallest absolute Gasteiger partial charge is 0.192 e. The molecule has 0 aliphatic carbocycles. The van der Waals surface area contributed by atoms with Crippen molar-refractivity contribution in [3.63, 3.8) is 0 Å². The fraction of sp³-hybridized carbons (Fsp3) is 0.833. The molecule has 10 nitrogen and oxygen atoms in total. The van der Waals surface area contributed by atoms with Crippen LogP contribution in [0.3, 0.4) is 0 Å². The van der Waals surface area contributed by atoms with Crippen molar-refractivity contribution in [2.24, 2.45) is 0 Å². The molecule has 0 saturated heterocycles. The summed E-state index contributed by atoms with van der Waals surface area (Å²) in [5, 5.41) is 54.8. The minimum atomic E-state index is -1.98. The van der Waals surface area contributed by atoms with E-state index in [1.54, 1.807) is 0 Å². The molecule has 11 heteroatoms. The van der Waals surface area contributed by atoms with Crippen molar-refractivity contribution in [2.75, 3.05) is 25.6 Å². The molecule has 6 N–H and O–H groups in total. The van der Waals surface area contributed by atoms with E-state index in [-0.39, 0.29) is 18.8 Å². The molecule has 136 valence electrons. The molecule has 0 saturated carbocycles. The van der Waals surface area contributed by atoms with Gasteiger partial charge in [-0.3, -0.25) is 9.59 Å². The van der Waals surface area contributed by atoms with Crippen LogP contribution in [0.25, 0.3) is 0 Å². The summed E-state index contributed by atoms with van der Waals surface area (Å²) in [6, 6.07) is 0. The maximum absolute atomic E-state index is 11.4. The van der Waals surface area contributed by atoms with Crippen molar-refractivity contribution in [1.82, 2.24) is 0 Å². The zero-order valence-electron chi connectivity index (χ0n) is 12.2. The van der Waals surface area contributed by atoms with Gasteiger partial charge in [-0.2, -0.15) is 12.6 Å². The highest BCUT2D eigenvalue weighted by atomic mass is 32.1. The van der Waals surface area contributed by atoms with E-state index < -0.39 is 55.3 Å². The van der Waals surface area contributed by atoms with E-state index in [1.165, 1.54) is 0 Å². The minimum absolute atomic E-state index is 0.0985. The maximum atomic E-state index is 11.4. The molecule has 0 fully saturated rings. The third kappa shape index (κ3) is 8.15. The lowest BCUT2D eigenvalue weighted by Crippen LogP contribution is -2.45. The van der Waals surface area contributed by atoms with Crippen molar-refractivity contribution in [2.45, 2.75) is 36.9 Å². The summed E-state index contributed by atoms with van der Waals surface area (Å²) in [6.07, 6.45) is -8.75. The summed E-state index contributed by atoms with van der Waals surface area (Å²) in [5.41, 5.74) is 0. The lowest BCUT2D eigenvalue weighted by molar-refractivity contribution is -0.289. The van der Waals surface area contributed by atoms with Crippen LogP contribution in [0.15, 0.2) is 0 Å². The summed E-state index contributed by atoms with van der Waals surface area (Å²) in [4.78, 5) is 31.7. The number of rotatable bonds is 13. The molecule has 23 heavy (non-hydrogen) atoms. The minimum Gasteiger partial charge on any atom is -0.394 e. The second kappa shape index (κ2) is 11.8. The zero-order valence-corrected chi connectivity index (χ0v) is 13.1. The van der Waals surface area contributed by atoms with Crippen LogP contribution in [-0.2, 0) is 19.4 Å². The predicted octanol–water partition coefficient (Wildman–Crippen LogP) is -3.81. The molecule has 0 rings (SSSR count). The first-order valence-electron chi connectivity index (χ1n) is 6.68. The van der Waals surface area contributed by atoms with Gasteiger partial charge in [0, 0.05) is 12.2 Å². The van der Waals surface area contributed by atoms with E-state index in [0.717, 1.165) is 0 Å². The number of aliphatic hydroxyl groups is 6. The molecule has 0 aromatic rings. The van der Waals surface area contributed by atoms with Crippen molar-refractivity contribution in [3.8, 4) is 0 Å². The largest absolute Gasteiger partial charge is 0.394 e. The first-order chi connectivity index (χ1) is 10.8. The van der Waals surface area contributed by atoms with Crippen LogP contribution >= 0.6 is 12.6 Å². The molecule has 0 heterocycles. The monoisotopic (exact) mass is 358 g/mol. The molecular formula is C12H22O10S. The van der Waals surface area contributed by atoms with Gasteiger partial charge in [0.05, 0.1) is 19.3 Å². The number of hydrogen-bond acceptors (Lipinski definition) is 11. The quantitative estimate of drug-likeness (QED) is 0.0748. The molecular weight excluding hydrogens is 336 g/mol. The van der Waals surface area contributed by atoms with Gasteiger partial charge < -0.3 is 30.6 Å². The molecule has 0 bridgehead atoms. The summed E-state index contributed by atoms with van der Waals surface area (Å²) < 4.78 is 0. The third-order valence-corrected chi connectivity index (χ3v) is 3.21. The van der Waals surface area contributed by atoms with E-state index in [9.17, 15) is 30.0 Å². The Morgan fingerprint density at radius 1 is 0.913 bits per heavy atom. The fourth-order valence-electron chi connectivity index (χ4n) is 1.36. The van der Waals surface area contributed by atoms with Gasteiger partial charge in [0.15, 0.2) is 11.6 Å². The molecule has 0 aliphatic rings. The van der Waals surface area contributed by atoms with Gasteiger partial charge in [-0.1, -0.05) is 0 Å². The van der Waals surface area contributed by atoms with Crippen molar-refractivity contribution >= 4 is 24.2 Å². The van der Waals surface area contributed by atoms with Crippen LogP contribution in [0, 0.1) is 0 Å². The number of carbonyl (C=O) groups excluding carboxylic acids is 2. The summed E-state index contributed by atoms with van der Waals surface area (Å²) >= 11 is 3.72. The van der Waals surface area contributed by atoms with Gasteiger partial charge in [-0.05, 0) is 0 Å². The Hall–Kier alpha value is -0.630. The molecule has 0 spiro atoms. The number of hydrogen-bond donors (Lipinski definition) is 7. The topological polar surface area (TPSA) is 174 Å². The molecule has 0 aliphatic heterocycles. The van der Waals surface area contributed by atoms with Crippen LogP contribution in [0.5, 0.6) is 0 Å². The van der Waals surface area contributed by atoms with Crippen LogP contribution < -0.4 is 0 Å². The molecule has 0 radical (unpaired) electrons. The van der Waals surface area contributed by atoms with E-state index in [1.807, 2.05) is 0 Å². The van der Waals surface area contributed by atoms with Gasteiger partial charge in [-0.15, -0.1) is 0 Å². The Labute approximate surface area is 137 Å². The normalized spacial score (nSPS) is 18.0. The fourth-order valence-corrected chi connectivity index (χ4v) is 1.56. The first-order valence-corrected chi connectivity index (χ1v) is 7.31. The van der Waals surface area contributed by atoms with Crippen molar-refractivity contribution in [3.05, 3.63) is 0 Å². The van der Waals surface area contributed by atoms with Crippen LogP contribution in [0.4, 0.5) is 0 Å². The van der Waals surface area contributed by atoms with Gasteiger partial charge in [0.25, 0.3) is 0 Å². The number of carbonyl (C=O) groups is 2. The Balaban J connectivity index is 3.95. The average molecular weight is 358 g/mol. The molecule has 0 amide bonds. The maximum Gasteiger partial charge on any atom is 0.192 e. The van der Waals surface area contributed by atoms with Gasteiger partial charge in [0.1, 0.15) is 31.0 Å². The van der Waals surface area contributed by atoms with Crippen molar-refractivity contribution in [1.29, 1.82) is 0 Å². The molecule has 5 atom stereocenters. The number of ketones is 2. The van der Waals surface area contributed by atoms with E-state index >= 15 is 0 Å². The van der Waals surface area contributed by atoms with Crippen molar-refractivity contribution < 1.29 is 50.0 Å². The Morgan fingerprint density at radius 3 is 2.04 bits per heavy atom. The van der Waals surface area contributed by atoms with E-state index in [2.05, 4.69) is 22.4 Å². The highest BCUT2D eigenvalue weighted by Crippen LogP contribution is 2.03. The van der Waals surface area contributed by atoms with E-state index in [4.69, 9.17) is 10.2 Å². The Kier molecular flexibility index (Phi) is 11.5. The second-order valence-corrected chi connectivity index (χ2v) is 5.01.